The van der Waals surface area contributed by atoms with Crippen molar-refractivity contribution in [3.8, 4) is 11.3 Å². The van der Waals surface area contributed by atoms with E-state index in [-0.39, 0.29) is 0 Å². The lowest BCUT2D eigenvalue weighted by molar-refractivity contribution is 0.877. The van der Waals surface area contributed by atoms with Crippen LogP contribution in [0.5, 0.6) is 0 Å². The van der Waals surface area contributed by atoms with Crippen molar-refractivity contribution in [2.75, 3.05) is 18.5 Å². The number of aryl methyl sites for hydroxylation is 1. The van der Waals surface area contributed by atoms with E-state index < -0.39 is 0 Å². The van der Waals surface area contributed by atoms with Crippen LogP contribution in [0.3, 0.4) is 0 Å². The summed E-state index contributed by atoms with van der Waals surface area (Å²) in [5.74, 6) is 1.17. The standard InChI is InChI=1S/C20H24ClN3/c1-12(2)14(4)22-20-13(3)10-17(21)19(23-20)16-6-7-18-15(11-16)8-9-24(18)5/h6-7,10-12H,8-9H2,1-5H3. The van der Waals surface area contributed by atoms with Crippen LogP contribution in [0.25, 0.3) is 11.3 Å². The fourth-order valence-electron chi connectivity index (χ4n) is 2.90. The maximum atomic E-state index is 6.49. The van der Waals surface area contributed by atoms with Gasteiger partial charge in [0.25, 0.3) is 0 Å². The molecule has 2 heterocycles. The molecule has 0 saturated heterocycles. The van der Waals surface area contributed by atoms with Crippen molar-refractivity contribution in [3.05, 3.63) is 40.4 Å². The summed E-state index contributed by atoms with van der Waals surface area (Å²) in [7, 11) is 2.13. The van der Waals surface area contributed by atoms with E-state index in [1.807, 2.05) is 19.9 Å². The number of likely N-dealkylation sites (N-methyl/N-ethyl adjacent to an activating group) is 1. The van der Waals surface area contributed by atoms with Crippen molar-refractivity contribution >= 4 is 28.8 Å². The maximum Gasteiger partial charge on any atom is 0.155 e. The number of aliphatic imine (C=N–C) groups is 1. The minimum atomic E-state index is 0.404. The van der Waals surface area contributed by atoms with Gasteiger partial charge in [0, 0.05) is 30.6 Å². The van der Waals surface area contributed by atoms with Gasteiger partial charge in [-0.3, -0.25) is 0 Å². The molecule has 0 aliphatic carbocycles. The SMILES string of the molecule is CC(=Nc1nc(-c2ccc3c(c2)CCN3C)c(Cl)cc1C)C(C)C. The molecule has 4 heteroatoms. The first kappa shape index (κ1) is 17.0. The molecule has 0 spiro atoms. The molecular weight excluding hydrogens is 318 g/mol. The van der Waals surface area contributed by atoms with Crippen LogP contribution in [0.4, 0.5) is 11.5 Å². The van der Waals surface area contributed by atoms with E-state index in [2.05, 4.69) is 44.0 Å². The molecular formula is C20H24ClN3. The Bertz CT molecular complexity index is 809. The van der Waals surface area contributed by atoms with Gasteiger partial charge in [-0.05, 0) is 55.5 Å². The topological polar surface area (TPSA) is 28.5 Å². The lowest BCUT2D eigenvalue weighted by Crippen LogP contribution is -2.12. The highest BCUT2D eigenvalue weighted by atomic mass is 35.5. The summed E-state index contributed by atoms with van der Waals surface area (Å²) in [5, 5.41) is 0.681. The fraction of sp³-hybridized carbons (Fsp3) is 0.400. The largest absolute Gasteiger partial charge is 0.374 e. The molecule has 0 unspecified atom stereocenters. The van der Waals surface area contributed by atoms with Crippen LogP contribution < -0.4 is 4.90 Å². The van der Waals surface area contributed by atoms with E-state index >= 15 is 0 Å². The smallest absolute Gasteiger partial charge is 0.155 e. The Morgan fingerprint density at radius 2 is 2.04 bits per heavy atom. The van der Waals surface area contributed by atoms with Crippen LogP contribution in [0.2, 0.25) is 5.02 Å². The number of hydrogen-bond donors (Lipinski definition) is 0. The third-order valence-corrected chi connectivity index (χ3v) is 5.03. The summed E-state index contributed by atoms with van der Waals surface area (Å²) in [6.45, 7) is 9.40. The van der Waals surface area contributed by atoms with Gasteiger partial charge < -0.3 is 4.90 Å². The second-order valence-electron chi connectivity index (χ2n) is 6.88. The van der Waals surface area contributed by atoms with E-state index in [0.717, 1.165) is 41.3 Å². The Hall–Kier alpha value is -1.87. The Balaban J connectivity index is 2.07. The van der Waals surface area contributed by atoms with Crippen molar-refractivity contribution in [2.45, 2.75) is 34.1 Å². The van der Waals surface area contributed by atoms with Gasteiger partial charge in [-0.15, -0.1) is 0 Å². The summed E-state index contributed by atoms with van der Waals surface area (Å²) in [5.41, 5.74) is 6.62. The molecule has 0 N–H and O–H groups in total. The Morgan fingerprint density at radius 3 is 2.75 bits per heavy atom. The van der Waals surface area contributed by atoms with Gasteiger partial charge in [0.05, 0.1) is 10.7 Å². The fourth-order valence-corrected chi connectivity index (χ4v) is 3.21. The van der Waals surface area contributed by atoms with E-state index in [1.54, 1.807) is 0 Å². The van der Waals surface area contributed by atoms with Gasteiger partial charge >= 0.3 is 0 Å². The van der Waals surface area contributed by atoms with Gasteiger partial charge in [-0.25, -0.2) is 9.98 Å². The average molecular weight is 342 g/mol. The van der Waals surface area contributed by atoms with Crippen molar-refractivity contribution in [2.24, 2.45) is 10.9 Å². The molecule has 1 aliphatic rings. The summed E-state index contributed by atoms with van der Waals surface area (Å²) in [6, 6.07) is 8.45. The van der Waals surface area contributed by atoms with E-state index in [4.69, 9.17) is 21.6 Å². The number of benzene rings is 1. The molecule has 0 bridgehead atoms. The van der Waals surface area contributed by atoms with Crippen LogP contribution >= 0.6 is 11.6 Å². The maximum absolute atomic E-state index is 6.49. The molecule has 0 amide bonds. The summed E-state index contributed by atoms with van der Waals surface area (Å²) < 4.78 is 0. The minimum Gasteiger partial charge on any atom is -0.374 e. The quantitative estimate of drug-likeness (QED) is 0.694. The molecule has 3 rings (SSSR count). The normalized spacial score (nSPS) is 14.5. The van der Waals surface area contributed by atoms with Gasteiger partial charge in [-0.1, -0.05) is 31.5 Å². The van der Waals surface area contributed by atoms with Crippen molar-refractivity contribution in [3.63, 3.8) is 0 Å². The van der Waals surface area contributed by atoms with Crippen LogP contribution in [-0.2, 0) is 6.42 Å². The van der Waals surface area contributed by atoms with Gasteiger partial charge in [0.15, 0.2) is 5.82 Å². The Labute approximate surface area is 149 Å². The van der Waals surface area contributed by atoms with E-state index in [9.17, 15) is 0 Å². The lowest BCUT2D eigenvalue weighted by atomic mass is 10.0. The summed E-state index contributed by atoms with van der Waals surface area (Å²) in [4.78, 5) is 11.8. The number of fused-ring (bicyclic) bond motifs is 1. The molecule has 2 aromatic rings. The molecule has 0 radical (unpaired) electrons. The van der Waals surface area contributed by atoms with Crippen LogP contribution in [0, 0.1) is 12.8 Å². The monoisotopic (exact) mass is 341 g/mol. The van der Waals surface area contributed by atoms with Gasteiger partial charge in [0.1, 0.15) is 0 Å². The zero-order valence-electron chi connectivity index (χ0n) is 15.0. The van der Waals surface area contributed by atoms with Crippen molar-refractivity contribution in [1.29, 1.82) is 0 Å². The molecule has 1 aromatic heterocycles. The first-order chi connectivity index (χ1) is 11.4. The Kier molecular flexibility index (Phi) is 4.64. The average Bonchev–Trinajstić information content (AvgIpc) is 2.90. The van der Waals surface area contributed by atoms with Crippen LogP contribution in [0.1, 0.15) is 31.9 Å². The number of hydrogen-bond acceptors (Lipinski definition) is 3. The van der Waals surface area contributed by atoms with Crippen molar-refractivity contribution in [1.82, 2.24) is 4.98 Å². The Morgan fingerprint density at radius 1 is 1.29 bits per heavy atom. The first-order valence-corrected chi connectivity index (χ1v) is 8.81. The highest BCUT2D eigenvalue weighted by Crippen LogP contribution is 2.35. The third kappa shape index (κ3) is 3.18. The second kappa shape index (κ2) is 6.56. The molecule has 0 saturated carbocycles. The first-order valence-electron chi connectivity index (χ1n) is 8.43. The number of anilines is 1. The van der Waals surface area contributed by atoms with Crippen LogP contribution in [0.15, 0.2) is 29.3 Å². The van der Waals surface area contributed by atoms with Gasteiger partial charge in [-0.2, -0.15) is 0 Å². The van der Waals surface area contributed by atoms with Crippen LogP contribution in [-0.4, -0.2) is 24.3 Å². The molecule has 1 aromatic carbocycles. The third-order valence-electron chi connectivity index (χ3n) is 4.74. The number of nitrogens with zero attached hydrogens (tertiary/aromatic N) is 3. The van der Waals surface area contributed by atoms with E-state index in [1.165, 1.54) is 11.3 Å². The molecule has 126 valence electrons. The molecule has 0 atom stereocenters. The minimum absolute atomic E-state index is 0.404. The molecule has 24 heavy (non-hydrogen) atoms. The highest BCUT2D eigenvalue weighted by molar-refractivity contribution is 6.33. The predicted octanol–water partition coefficient (Wildman–Crippen LogP) is 5.45. The summed E-state index contributed by atoms with van der Waals surface area (Å²) >= 11 is 6.49. The predicted molar refractivity (Wildman–Crippen MR) is 104 cm³/mol. The number of rotatable bonds is 3. The summed E-state index contributed by atoms with van der Waals surface area (Å²) in [6.07, 6.45) is 1.07. The lowest BCUT2D eigenvalue weighted by Gasteiger charge is -2.13. The zero-order chi connectivity index (χ0) is 17.4. The van der Waals surface area contributed by atoms with Crippen molar-refractivity contribution < 1.29 is 0 Å². The number of halogens is 1. The molecule has 3 nitrogen and oxygen atoms in total. The van der Waals surface area contributed by atoms with E-state index in [0.29, 0.717) is 10.9 Å². The molecule has 1 aliphatic heterocycles. The highest BCUT2D eigenvalue weighted by Gasteiger charge is 2.18. The zero-order valence-corrected chi connectivity index (χ0v) is 15.8. The second-order valence-corrected chi connectivity index (χ2v) is 7.29. The number of pyridine rings is 1. The number of aromatic nitrogens is 1. The van der Waals surface area contributed by atoms with Gasteiger partial charge in [0.2, 0.25) is 0 Å². The molecule has 0 fully saturated rings.